The van der Waals surface area contributed by atoms with Gasteiger partial charge in [0.15, 0.2) is 0 Å². The first-order valence-corrected chi connectivity index (χ1v) is 8.08. The Morgan fingerprint density at radius 1 is 1.23 bits per heavy atom. The lowest BCUT2D eigenvalue weighted by atomic mass is 10.1. The molecule has 4 aromatic rings. The largest absolute Gasteiger partial charge is 0.322 e. The molecule has 130 valence electrons. The van der Waals surface area contributed by atoms with Gasteiger partial charge in [0.05, 0.1) is 17.5 Å². The number of fused-ring (bicyclic) bond motifs is 1. The van der Waals surface area contributed by atoms with Gasteiger partial charge in [0.1, 0.15) is 11.3 Å². The molecule has 0 fully saturated rings. The van der Waals surface area contributed by atoms with E-state index in [0.29, 0.717) is 29.0 Å². The van der Waals surface area contributed by atoms with Gasteiger partial charge in [-0.2, -0.15) is 0 Å². The molecule has 0 aliphatic rings. The van der Waals surface area contributed by atoms with Gasteiger partial charge >= 0.3 is 0 Å². The van der Waals surface area contributed by atoms with Crippen molar-refractivity contribution < 1.29 is 9.18 Å². The number of nitrogens with one attached hydrogen (secondary N) is 1. The number of aromatic nitrogens is 5. The van der Waals surface area contributed by atoms with Gasteiger partial charge in [-0.25, -0.2) is 14.1 Å². The summed E-state index contributed by atoms with van der Waals surface area (Å²) >= 11 is 0. The van der Waals surface area contributed by atoms with Crippen molar-refractivity contribution in [1.82, 2.24) is 24.5 Å². The maximum Gasteiger partial charge on any atom is 0.255 e. The van der Waals surface area contributed by atoms with E-state index in [1.165, 1.54) is 12.4 Å². The fourth-order valence-corrected chi connectivity index (χ4v) is 2.75. The Kier molecular flexibility index (Phi) is 3.92. The van der Waals surface area contributed by atoms with Crippen molar-refractivity contribution >= 4 is 22.6 Å². The Morgan fingerprint density at radius 3 is 2.85 bits per heavy atom. The van der Waals surface area contributed by atoms with Gasteiger partial charge in [0.2, 0.25) is 0 Å². The highest BCUT2D eigenvalue weighted by Gasteiger charge is 2.12. The summed E-state index contributed by atoms with van der Waals surface area (Å²) in [6.07, 6.45) is 4.73. The van der Waals surface area contributed by atoms with Crippen LogP contribution in [0.1, 0.15) is 17.3 Å². The molecule has 8 heteroatoms. The molecule has 0 unspecified atom stereocenters. The van der Waals surface area contributed by atoms with Crippen LogP contribution in [0, 0.1) is 5.82 Å². The number of anilines is 1. The van der Waals surface area contributed by atoms with Crippen LogP contribution in [0.5, 0.6) is 0 Å². The third-order valence-corrected chi connectivity index (χ3v) is 4.06. The smallest absolute Gasteiger partial charge is 0.255 e. The predicted molar refractivity (Wildman–Crippen MR) is 94.7 cm³/mol. The van der Waals surface area contributed by atoms with Gasteiger partial charge in [-0.15, -0.1) is 5.10 Å². The lowest BCUT2D eigenvalue weighted by Crippen LogP contribution is -2.12. The van der Waals surface area contributed by atoms with E-state index in [2.05, 4.69) is 20.6 Å². The molecule has 2 heterocycles. The zero-order chi connectivity index (χ0) is 18.1. The molecule has 0 saturated carbocycles. The van der Waals surface area contributed by atoms with E-state index in [4.69, 9.17) is 0 Å². The van der Waals surface area contributed by atoms with Crippen LogP contribution in [0.25, 0.3) is 16.7 Å². The lowest BCUT2D eigenvalue weighted by Gasteiger charge is -2.08. The van der Waals surface area contributed by atoms with Crippen LogP contribution in [0.3, 0.4) is 0 Å². The van der Waals surface area contributed by atoms with E-state index in [1.54, 1.807) is 52.0 Å². The number of hydrogen-bond acceptors (Lipinski definition) is 4. The van der Waals surface area contributed by atoms with Crippen molar-refractivity contribution in [2.45, 2.75) is 13.5 Å². The first kappa shape index (κ1) is 15.9. The molecule has 4 rings (SSSR count). The van der Waals surface area contributed by atoms with Crippen LogP contribution < -0.4 is 5.32 Å². The Morgan fingerprint density at radius 2 is 2.12 bits per heavy atom. The minimum atomic E-state index is -0.456. The second-order valence-corrected chi connectivity index (χ2v) is 5.70. The maximum absolute atomic E-state index is 14.3. The number of imidazole rings is 1. The monoisotopic (exact) mass is 350 g/mol. The normalized spacial score (nSPS) is 11.0. The van der Waals surface area contributed by atoms with Crippen LogP contribution in [0.4, 0.5) is 10.1 Å². The van der Waals surface area contributed by atoms with Crippen molar-refractivity contribution in [3.05, 3.63) is 66.5 Å². The average Bonchev–Trinajstić information content (AvgIpc) is 3.30. The third-order valence-electron chi connectivity index (χ3n) is 4.06. The minimum absolute atomic E-state index is 0.340. The average molecular weight is 350 g/mol. The molecule has 7 nitrogen and oxygen atoms in total. The number of halogens is 1. The summed E-state index contributed by atoms with van der Waals surface area (Å²) in [5, 5.41) is 10.8. The summed E-state index contributed by atoms with van der Waals surface area (Å²) in [6, 6.07) is 9.67. The summed E-state index contributed by atoms with van der Waals surface area (Å²) in [4.78, 5) is 16.4. The summed E-state index contributed by atoms with van der Waals surface area (Å²) in [7, 11) is 0. The zero-order valence-corrected chi connectivity index (χ0v) is 13.9. The van der Waals surface area contributed by atoms with Gasteiger partial charge in [0.25, 0.3) is 5.91 Å². The van der Waals surface area contributed by atoms with E-state index in [-0.39, 0.29) is 5.91 Å². The molecule has 1 amide bonds. The molecule has 0 saturated heterocycles. The van der Waals surface area contributed by atoms with Crippen molar-refractivity contribution in [1.29, 1.82) is 0 Å². The van der Waals surface area contributed by atoms with E-state index in [0.717, 1.165) is 5.52 Å². The Bertz CT molecular complexity index is 1090. The van der Waals surface area contributed by atoms with Gasteiger partial charge in [0, 0.05) is 30.2 Å². The van der Waals surface area contributed by atoms with E-state index in [9.17, 15) is 9.18 Å². The number of rotatable bonds is 4. The molecule has 0 aliphatic carbocycles. The number of carbonyl (C=O) groups is 1. The molecule has 26 heavy (non-hydrogen) atoms. The first-order valence-electron chi connectivity index (χ1n) is 8.08. The topological polar surface area (TPSA) is 77.6 Å². The molecule has 0 radical (unpaired) electrons. The molecule has 1 N–H and O–H groups in total. The fraction of sp³-hybridized carbons (Fsp3) is 0.111. The van der Waals surface area contributed by atoms with E-state index in [1.807, 2.05) is 6.92 Å². The molecule has 2 aromatic carbocycles. The Labute approximate surface area is 148 Å². The second kappa shape index (κ2) is 6.40. The van der Waals surface area contributed by atoms with Crippen LogP contribution in [-0.2, 0) is 6.54 Å². The van der Waals surface area contributed by atoms with Gasteiger partial charge < -0.3 is 9.88 Å². The molecular formula is C18H15FN6O. The van der Waals surface area contributed by atoms with Crippen LogP contribution >= 0.6 is 0 Å². The summed E-state index contributed by atoms with van der Waals surface area (Å²) in [6.45, 7) is 2.67. The second-order valence-electron chi connectivity index (χ2n) is 5.70. The molecule has 0 atom stereocenters. The summed E-state index contributed by atoms with van der Waals surface area (Å²) < 4.78 is 17.6. The number of aryl methyl sites for hydroxylation is 1. The molecule has 0 bridgehead atoms. The van der Waals surface area contributed by atoms with Crippen molar-refractivity contribution in [3.8, 4) is 5.69 Å². The number of nitrogens with zero attached hydrogens (tertiary/aromatic N) is 5. The van der Waals surface area contributed by atoms with Crippen molar-refractivity contribution in [2.24, 2.45) is 0 Å². The van der Waals surface area contributed by atoms with E-state index < -0.39 is 5.82 Å². The van der Waals surface area contributed by atoms with Crippen LogP contribution in [-0.4, -0.2) is 30.5 Å². The molecule has 0 spiro atoms. The lowest BCUT2D eigenvalue weighted by molar-refractivity contribution is 0.102. The number of benzene rings is 2. The van der Waals surface area contributed by atoms with Gasteiger partial charge in [-0.05, 0) is 43.3 Å². The Balaban J connectivity index is 1.57. The third kappa shape index (κ3) is 2.81. The molecule has 2 aromatic heterocycles. The highest BCUT2D eigenvalue weighted by Crippen LogP contribution is 2.20. The van der Waals surface area contributed by atoms with E-state index >= 15 is 0 Å². The first-order chi connectivity index (χ1) is 12.7. The molecular weight excluding hydrogens is 335 g/mol. The van der Waals surface area contributed by atoms with Crippen LogP contribution in [0.2, 0.25) is 0 Å². The highest BCUT2D eigenvalue weighted by molar-refractivity contribution is 6.05. The summed E-state index contributed by atoms with van der Waals surface area (Å²) in [5.41, 5.74) is 2.66. The maximum atomic E-state index is 14.3. The number of hydrogen-bond donors (Lipinski definition) is 1. The fourth-order valence-electron chi connectivity index (χ4n) is 2.75. The number of carbonyl (C=O) groups excluding carboxylic acids is 1. The van der Waals surface area contributed by atoms with Crippen molar-refractivity contribution in [3.63, 3.8) is 0 Å². The number of amides is 1. The minimum Gasteiger partial charge on any atom is -0.322 e. The van der Waals surface area contributed by atoms with Gasteiger partial charge in [-0.1, -0.05) is 5.21 Å². The zero-order valence-electron chi connectivity index (χ0n) is 13.9. The quantitative estimate of drug-likeness (QED) is 0.614. The molecule has 0 aliphatic heterocycles. The predicted octanol–water partition coefficient (Wildman–Crippen LogP) is 3.03. The summed E-state index contributed by atoms with van der Waals surface area (Å²) in [5.74, 6) is -0.796. The van der Waals surface area contributed by atoms with Crippen molar-refractivity contribution in [2.75, 3.05) is 5.32 Å². The standard InChI is InChI=1S/C18H15FN6O/c1-2-25-17-5-3-12(9-15(17)22-23-25)18(26)21-13-4-6-16(14(19)10-13)24-8-7-20-11-24/h3-11H,2H2,1H3,(H,21,26). The highest BCUT2D eigenvalue weighted by atomic mass is 19.1. The SMILES string of the molecule is CCn1nnc2cc(C(=O)Nc3ccc(-n4ccnc4)c(F)c3)ccc21. The van der Waals surface area contributed by atoms with Crippen LogP contribution in [0.15, 0.2) is 55.1 Å². The Hall–Kier alpha value is -3.55. The van der Waals surface area contributed by atoms with Gasteiger partial charge in [-0.3, -0.25) is 4.79 Å².